The summed E-state index contributed by atoms with van der Waals surface area (Å²) in [5, 5.41) is 0.643. The Morgan fingerprint density at radius 1 is 1.21 bits per heavy atom. The number of anilines is 1. The molecule has 2 aromatic carbocycles. The Bertz CT molecular complexity index is 1010. The van der Waals surface area contributed by atoms with Crippen molar-refractivity contribution in [2.75, 3.05) is 25.7 Å². The number of benzene rings is 2. The molecule has 1 unspecified atom stereocenters. The fourth-order valence-electron chi connectivity index (χ4n) is 3.87. The fourth-order valence-corrected chi connectivity index (χ4v) is 4.04. The lowest BCUT2D eigenvalue weighted by atomic mass is 9.83. The van der Waals surface area contributed by atoms with Crippen LogP contribution in [0.3, 0.4) is 0 Å². The summed E-state index contributed by atoms with van der Waals surface area (Å²) in [7, 11) is 3.68. The highest BCUT2D eigenvalue weighted by Crippen LogP contribution is 2.45. The maximum Gasteiger partial charge on any atom is 0.169 e. The van der Waals surface area contributed by atoms with E-state index in [9.17, 15) is 0 Å². The summed E-state index contributed by atoms with van der Waals surface area (Å²) < 4.78 is 11.0. The van der Waals surface area contributed by atoms with Gasteiger partial charge in [-0.15, -0.1) is 6.42 Å². The molecule has 1 atom stereocenters. The van der Waals surface area contributed by atoms with E-state index in [4.69, 9.17) is 27.2 Å². The molecule has 1 aliphatic heterocycles. The van der Waals surface area contributed by atoms with Crippen LogP contribution in [-0.2, 0) is 12.1 Å². The van der Waals surface area contributed by atoms with Crippen LogP contribution in [0, 0.1) is 12.3 Å². The molecule has 28 heavy (non-hydrogen) atoms. The van der Waals surface area contributed by atoms with Gasteiger partial charge in [0, 0.05) is 22.8 Å². The third-order valence-electron chi connectivity index (χ3n) is 5.26. The zero-order valence-electron chi connectivity index (χ0n) is 15.9. The van der Waals surface area contributed by atoms with Gasteiger partial charge in [-0.1, -0.05) is 29.7 Å². The normalized spacial score (nSPS) is 19.1. The molecule has 1 aromatic heterocycles. The average molecular weight is 393 g/mol. The molecule has 0 radical (unpaired) electrons. The van der Waals surface area contributed by atoms with Gasteiger partial charge in [0.25, 0.3) is 0 Å². The minimum Gasteiger partial charge on any atom is -0.497 e. The highest BCUT2D eigenvalue weighted by Gasteiger charge is 2.45. The SMILES string of the molecule is C#CC1(c2ccco2)c2cc(Cl)ccc2N(Cc2ccc(OC)cc2)CN1C. The van der Waals surface area contributed by atoms with Crippen molar-refractivity contribution in [1.29, 1.82) is 0 Å². The highest BCUT2D eigenvalue weighted by atomic mass is 35.5. The fraction of sp³-hybridized carbons (Fsp3) is 0.217. The van der Waals surface area contributed by atoms with Gasteiger partial charge in [-0.2, -0.15) is 0 Å². The molecule has 0 N–H and O–H groups in total. The number of fused-ring (bicyclic) bond motifs is 1. The first-order chi connectivity index (χ1) is 13.6. The molecule has 5 heteroatoms. The molecule has 0 spiro atoms. The molecule has 0 bridgehead atoms. The first kappa shape index (κ1) is 18.5. The van der Waals surface area contributed by atoms with Crippen LogP contribution < -0.4 is 9.64 Å². The van der Waals surface area contributed by atoms with Crippen molar-refractivity contribution in [1.82, 2.24) is 4.90 Å². The molecule has 0 fully saturated rings. The first-order valence-electron chi connectivity index (χ1n) is 8.99. The summed E-state index contributed by atoms with van der Waals surface area (Å²) in [5.74, 6) is 4.54. The van der Waals surface area contributed by atoms with Gasteiger partial charge in [-0.25, -0.2) is 0 Å². The van der Waals surface area contributed by atoms with Crippen molar-refractivity contribution < 1.29 is 9.15 Å². The van der Waals surface area contributed by atoms with Crippen molar-refractivity contribution >= 4 is 17.3 Å². The molecule has 0 aliphatic carbocycles. The summed E-state index contributed by atoms with van der Waals surface area (Å²) in [4.78, 5) is 4.40. The van der Waals surface area contributed by atoms with Gasteiger partial charge in [0.2, 0.25) is 0 Å². The molecule has 0 saturated carbocycles. The van der Waals surface area contributed by atoms with E-state index in [1.54, 1.807) is 13.4 Å². The van der Waals surface area contributed by atoms with Crippen LogP contribution in [-0.4, -0.2) is 25.7 Å². The third-order valence-corrected chi connectivity index (χ3v) is 5.50. The lowest BCUT2D eigenvalue weighted by Crippen LogP contribution is -2.53. The van der Waals surface area contributed by atoms with E-state index in [1.165, 1.54) is 5.56 Å². The van der Waals surface area contributed by atoms with E-state index in [2.05, 4.69) is 27.9 Å². The number of hydrogen-bond donors (Lipinski definition) is 0. The van der Waals surface area contributed by atoms with Crippen LogP contribution in [0.5, 0.6) is 5.75 Å². The van der Waals surface area contributed by atoms with E-state index in [-0.39, 0.29) is 0 Å². The summed E-state index contributed by atoms with van der Waals surface area (Å²) >= 11 is 6.36. The van der Waals surface area contributed by atoms with E-state index in [1.807, 2.05) is 49.5 Å². The lowest BCUT2D eigenvalue weighted by molar-refractivity contribution is 0.174. The number of methoxy groups -OCH3 is 1. The second kappa shape index (κ2) is 7.27. The van der Waals surface area contributed by atoms with E-state index < -0.39 is 5.54 Å². The van der Waals surface area contributed by atoms with Gasteiger partial charge in [0.1, 0.15) is 11.5 Å². The minimum absolute atomic E-state index is 0.643. The highest BCUT2D eigenvalue weighted by molar-refractivity contribution is 6.30. The Morgan fingerprint density at radius 3 is 2.64 bits per heavy atom. The Hall–Kier alpha value is -2.87. The van der Waals surface area contributed by atoms with Crippen LogP contribution in [0.1, 0.15) is 16.9 Å². The molecule has 1 aliphatic rings. The summed E-state index contributed by atoms with van der Waals surface area (Å²) in [5.41, 5.74) is 2.37. The zero-order chi connectivity index (χ0) is 19.7. The minimum atomic E-state index is -0.805. The van der Waals surface area contributed by atoms with Gasteiger partial charge in [-0.05, 0) is 55.1 Å². The van der Waals surface area contributed by atoms with Crippen molar-refractivity contribution in [3.8, 4) is 18.1 Å². The van der Waals surface area contributed by atoms with E-state index in [0.29, 0.717) is 17.5 Å². The summed E-state index contributed by atoms with van der Waals surface area (Å²) in [6, 6.07) is 17.7. The summed E-state index contributed by atoms with van der Waals surface area (Å²) in [6.07, 6.45) is 7.74. The molecule has 142 valence electrons. The second-order valence-electron chi connectivity index (χ2n) is 6.88. The molecule has 3 aromatic rings. The first-order valence-corrected chi connectivity index (χ1v) is 9.37. The van der Waals surface area contributed by atoms with Gasteiger partial charge in [0.05, 0.1) is 20.0 Å². The van der Waals surface area contributed by atoms with Gasteiger partial charge >= 0.3 is 0 Å². The molecule has 0 amide bonds. The molecule has 2 heterocycles. The molecule has 4 rings (SSSR count). The molecular formula is C23H21ClN2O2. The standard InChI is InChI=1S/C23H21ClN2O2/c1-4-23(22-6-5-13-28-22)20-14-18(24)9-12-21(20)26(16-25(23)2)15-17-7-10-19(27-3)11-8-17/h1,5-14H,15-16H2,2-3H3. The van der Waals surface area contributed by atoms with Crippen molar-refractivity contribution in [3.05, 3.63) is 82.8 Å². The number of nitrogens with zero attached hydrogens (tertiary/aromatic N) is 2. The monoisotopic (exact) mass is 392 g/mol. The second-order valence-corrected chi connectivity index (χ2v) is 7.32. The van der Waals surface area contributed by atoms with Crippen molar-refractivity contribution in [2.45, 2.75) is 12.1 Å². The zero-order valence-corrected chi connectivity index (χ0v) is 16.6. The topological polar surface area (TPSA) is 28.9 Å². The van der Waals surface area contributed by atoms with Crippen LogP contribution in [0.4, 0.5) is 5.69 Å². The maximum absolute atomic E-state index is 6.36. The number of furan rings is 1. The van der Waals surface area contributed by atoms with Gasteiger partial charge in [0.15, 0.2) is 5.54 Å². The predicted octanol–water partition coefficient (Wildman–Crippen LogP) is 4.73. The van der Waals surface area contributed by atoms with Crippen LogP contribution in [0.25, 0.3) is 0 Å². The Kier molecular flexibility index (Phi) is 4.80. The Balaban J connectivity index is 1.79. The average Bonchev–Trinajstić information content (AvgIpc) is 3.24. The van der Waals surface area contributed by atoms with Crippen LogP contribution >= 0.6 is 11.6 Å². The number of terminal acetylenes is 1. The largest absolute Gasteiger partial charge is 0.497 e. The number of halogens is 1. The number of ether oxygens (including phenoxy) is 1. The van der Waals surface area contributed by atoms with Gasteiger partial charge in [-0.3, -0.25) is 4.90 Å². The van der Waals surface area contributed by atoms with Crippen molar-refractivity contribution in [3.63, 3.8) is 0 Å². The van der Waals surface area contributed by atoms with Crippen molar-refractivity contribution in [2.24, 2.45) is 0 Å². The lowest BCUT2D eigenvalue weighted by Gasteiger charge is -2.47. The van der Waals surface area contributed by atoms with Crippen LogP contribution in [0.2, 0.25) is 5.02 Å². The quantitative estimate of drug-likeness (QED) is 0.600. The number of hydrogen-bond acceptors (Lipinski definition) is 4. The Morgan fingerprint density at radius 2 is 2.00 bits per heavy atom. The number of rotatable bonds is 4. The smallest absolute Gasteiger partial charge is 0.169 e. The molecule has 4 nitrogen and oxygen atoms in total. The Labute approximate surface area is 170 Å². The summed E-state index contributed by atoms with van der Waals surface area (Å²) in [6.45, 7) is 1.38. The third kappa shape index (κ3) is 2.93. The predicted molar refractivity (Wildman–Crippen MR) is 112 cm³/mol. The van der Waals surface area contributed by atoms with E-state index >= 15 is 0 Å². The maximum atomic E-state index is 6.36. The molecule has 0 saturated heterocycles. The van der Waals surface area contributed by atoms with E-state index in [0.717, 1.165) is 23.5 Å². The molecular weight excluding hydrogens is 372 g/mol. The van der Waals surface area contributed by atoms with Gasteiger partial charge < -0.3 is 14.1 Å². The van der Waals surface area contributed by atoms with Crippen LogP contribution in [0.15, 0.2) is 65.3 Å².